The van der Waals surface area contributed by atoms with Crippen molar-refractivity contribution in [2.45, 2.75) is 12.5 Å². The summed E-state index contributed by atoms with van der Waals surface area (Å²) < 4.78 is 0. The van der Waals surface area contributed by atoms with Gasteiger partial charge in [0, 0.05) is 18.9 Å². The summed E-state index contributed by atoms with van der Waals surface area (Å²) in [7, 11) is 0. The third-order valence-electron chi connectivity index (χ3n) is 2.11. The second kappa shape index (κ2) is 2.96. The van der Waals surface area contributed by atoms with E-state index >= 15 is 0 Å². The normalized spacial score (nSPS) is 29.1. The van der Waals surface area contributed by atoms with E-state index in [4.69, 9.17) is 0 Å². The molecule has 0 radical (unpaired) electrons. The Labute approximate surface area is 66.7 Å². The van der Waals surface area contributed by atoms with Crippen LogP contribution in [0.1, 0.15) is 6.42 Å². The highest BCUT2D eigenvalue weighted by molar-refractivity contribution is 5.06. The number of rotatable bonds is 1. The Kier molecular flexibility index (Phi) is 1.81. The Morgan fingerprint density at radius 3 is 3.00 bits per heavy atom. The standard InChI is InChI=1S/C8H13N3/c1-2-6-11(10-4-1)8-3-5-9-7-8/h1-2,4,6,8-10H,3,5,7H2/t8-/m1/s1. The number of allylic oxidation sites excluding steroid dienone is 2. The van der Waals surface area contributed by atoms with Crippen LogP contribution in [0.3, 0.4) is 0 Å². The van der Waals surface area contributed by atoms with Gasteiger partial charge in [-0.05, 0) is 25.1 Å². The molecule has 1 atom stereocenters. The van der Waals surface area contributed by atoms with Gasteiger partial charge < -0.3 is 10.7 Å². The first-order valence-corrected chi connectivity index (χ1v) is 4.05. The summed E-state index contributed by atoms with van der Waals surface area (Å²) in [5.41, 5.74) is 3.19. The van der Waals surface area contributed by atoms with E-state index in [0.717, 1.165) is 13.1 Å². The first kappa shape index (κ1) is 6.73. The van der Waals surface area contributed by atoms with Crippen LogP contribution in [-0.2, 0) is 0 Å². The monoisotopic (exact) mass is 151 g/mol. The minimum absolute atomic E-state index is 0.621. The van der Waals surface area contributed by atoms with Crippen LogP contribution in [-0.4, -0.2) is 24.1 Å². The first-order chi connectivity index (χ1) is 5.47. The SMILES string of the molecule is C1=CNN([C@@H]2CCNC2)C=C1. The molecule has 1 saturated heterocycles. The Bertz CT molecular complexity index is 180. The molecule has 2 N–H and O–H groups in total. The van der Waals surface area contributed by atoms with Gasteiger partial charge in [0.1, 0.15) is 0 Å². The number of hydrazine groups is 1. The van der Waals surface area contributed by atoms with Crippen molar-refractivity contribution in [2.24, 2.45) is 0 Å². The lowest BCUT2D eigenvalue weighted by Crippen LogP contribution is -2.40. The second-order valence-electron chi connectivity index (χ2n) is 2.88. The van der Waals surface area contributed by atoms with E-state index in [-0.39, 0.29) is 0 Å². The molecule has 0 aromatic heterocycles. The topological polar surface area (TPSA) is 27.3 Å². The summed E-state index contributed by atoms with van der Waals surface area (Å²) in [6.07, 6.45) is 9.31. The van der Waals surface area contributed by atoms with Crippen molar-refractivity contribution in [3.05, 3.63) is 24.6 Å². The molecule has 0 saturated carbocycles. The molecule has 0 aliphatic carbocycles. The van der Waals surface area contributed by atoms with Crippen LogP contribution in [0.15, 0.2) is 24.6 Å². The van der Waals surface area contributed by atoms with Crippen LogP contribution in [0, 0.1) is 0 Å². The lowest BCUT2D eigenvalue weighted by atomic mass is 10.2. The third-order valence-corrected chi connectivity index (χ3v) is 2.11. The predicted octanol–water partition coefficient (Wildman–Crippen LogP) is 0.196. The van der Waals surface area contributed by atoms with Crippen LogP contribution < -0.4 is 10.7 Å². The molecule has 60 valence electrons. The van der Waals surface area contributed by atoms with E-state index < -0.39 is 0 Å². The number of hydrogen-bond donors (Lipinski definition) is 2. The summed E-state index contributed by atoms with van der Waals surface area (Å²) in [5.74, 6) is 0. The molecule has 2 aliphatic heterocycles. The van der Waals surface area contributed by atoms with Gasteiger partial charge >= 0.3 is 0 Å². The molecular weight excluding hydrogens is 138 g/mol. The van der Waals surface area contributed by atoms with Crippen molar-refractivity contribution < 1.29 is 0 Å². The predicted molar refractivity (Wildman–Crippen MR) is 44.5 cm³/mol. The van der Waals surface area contributed by atoms with Gasteiger partial charge in [-0.25, -0.2) is 0 Å². The van der Waals surface area contributed by atoms with Gasteiger partial charge in [0.25, 0.3) is 0 Å². The van der Waals surface area contributed by atoms with Crippen molar-refractivity contribution in [1.82, 2.24) is 15.8 Å². The van der Waals surface area contributed by atoms with Crippen molar-refractivity contribution in [2.75, 3.05) is 13.1 Å². The Hall–Kier alpha value is -0.960. The zero-order valence-electron chi connectivity index (χ0n) is 6.46. The van der Waals surface area contributed by atoms with Gasteiger partial charge in [-0.1, -0.05) is 0 Å². The van der Waals surface area contributed by atoms with Crippen LogP contribution in [0.5, 0.6) is 0 Å². The highest BCUT2D eigenvalue weighted by Gasteiger charge is 2.19. The van der Waals surface area contributed by atoms with E-state index in [2.05, 4.69) is 28.0 Å². The lowest BCUT2D eigenvalue weighted by molar-refractivity contribution is 0.238. The van der Waals surface area contributed by atoms with Crippen molar-refractivity contribution >= 4 is 0 Å². The number of hydrogen-bond acceptors (Lipinski definition) is 3. The van der Waals surface area contributed by atoms with E-state index in [9.17, 15) is 0 Å². The van der Waals surface area contributed by atoms with E-state index in [1.807, 2.05) is 12.3 Å². The maximum Gasteiger partial charge on any atom is 0.0633 e. The van der Waals surface area contributed by atoms with Crippen molar-refractivity contribution in [3.63, 3.8) is 0 Å². The van der Waals surface area contributed by atoms with Gasteiger partial charge in [0.15, 0.2) is 0 Å². The van der Waals surface area contributed by atoms with Crippen molar-refractivity contribution in [3.8, 4) is 0 Å². The number of nitrogens with zero attached hydrogens (tertiary/aromatic N) is 1. The van der Waals surface area contributed by atoms with Gasteiger partial charge in [0.2, 0.25) is 0 Å². The molecule has 11 heavy (non-hydrogen) atoms. The maximum atomic E-state index is 3.33. The average Bonchev–Trinajstić information content (AvgIpc) is 2.58. The first-order valence-electron chi connectivity index (χ1n) is 4.05. The van der Waals surface area contributed by atoms with Gasteiger partial charge in [-0.2, -0.15) is 0 Å². The summed E-state index contributed by atoms with van der Waals surface area (Å²) >= 11 is 0. The fraction of sp³-hybridized carbons (Fsp3) is 0.500. The Morgan fingerprint density at radius 1 is 1.36 bits per heavy atom. The fourth-order valence-electron chi connectivity index (χ4n) is 1.47. The third kappa shape index (κ3) is 1.38. The summed E-state index contributed by atoms with van der Waals surface area (Å²) in [5, 5.41) is 5.48. The van der Waals surface area contributed by atoms with Gasteiger partial charge in [0.05, 0.1) is 6.04 Å². The zero-order chi connectivity index (χ0) is 7.52. The largest absolute Gasteiger partial charge is 0.315 e. The van der Waals surface area contributed by atoms with E-state index in [0.29, 0.717) is 6.04 Å². The molecule has 0 aromatic carbocycles. The number of nitrogens with one attached hydrogen (secondary N) is 2. The van der Waals surface area contributed by atoms with Gasteiger partial charge in [-0.15, -0.1) is 0 Å². The molecular formula is C8H13N3. The molecule has 0 unspecified atom stereocenters. The summed E-state index contributed by atoms with van der Waals surface area (Å²) in [6, 6.07) is 0.621. The molecule has 2 rings (SSSR count). The van der Waals surface area contributed by atoms with Crippen LogP contribution in [0.25, 0.3) is 0 Å². The minimum atomic E-state index is 0.621. The zero-order valence-corrected chi connectivity index (χ0v) is 6.46. The van der Waals surface area contributed by atoms with E-state index in [1.54, 1.807) is 0 Å². The van der Waals surface area contributed by atoms with Crippen LogP contribution in [0.2, 0.25) is 0 Å². The molecule has 2 aliphatic rings. The molecule has 0 aromatic rings. The average molecular weight is 151 g/mol. The Morgan fingerprint density at radius 2 is 2.36 bits per heavy atom. The smallest absolute Gasteiger partial charge is 0.0633 e. The summed E-state index contributed by atoms with van der Waals surface area (Å²) in [6.45, 7) is 2.23. The maximum absolute atomic E-state index is 3.33. The molecule has 3 nitrogen and oxygen atoms in total. The highest BCUT2D eigenvalue weighted by atomic mass is 15.5. The second-order valence-corrected chi connectivity index (χ2v) is 2.88. The van der Waals surface area contributed by atoms with E-state index in [1.165, 1.54) is 6.42 Å². The quantitative estimate of drug-likeness (QED) is 0.560. The minimum Gasteiger partial charge on any atom is -0.315 e. The molecule has 1 fully saturated rings. The fourth-order valence-corrected chi connectivity index (χ4v) is 1.47. The Balaban J connectivity index is 1.94. The van der Waals surface area contributed by atoms with Crippen LogP contribution in [0.4, 0.5) is 0 Å². The highest BCUT2D eigenvalue weighted by Crippen LogP contribution is 2.07. The molecule has 0 spiro atoms. The molecule has 2 heterocycles. The van der Waals surface area contributed by atoms with Gasteiger partial charge in [-0.3, -0.25) is 5.01 Å². The van der Waals surface area contributed by atoms with Crippen molar-refractivity contribution in [1.29, 1.82) is 0 Å². The molecule has 3 heteroatoms. The lowest BCUT2D eigenvalue weighted by Gasteiger charge is -2.27. The molecule has 0 bridgehead atoms. The molecule has 0 amide bonds. The summed E-state index contributed by atoms with van der Waals surface area (Å²) in [4.78, 5) is 0. The van der Waals surface area contributed by atoms with Crippen LogP contribution >= 0.6 is 0 Å².